The summed E-state index contributed by atoms with van der Waals surface area (Å²) in [5, 5.41) is 4.93. The van der Waals surface area contributed by atoms with E-state index >= 15 is 0 Å². The van der Waals surface area contributed by atoms with E-state index in [1.54, 1.807) is 0 Å². The van der Waals surface area contributed by atoms with Crippen LogP contribution in [0.4, 0.5) is 4.79 Å². The number of carbonyl (C=O) groups is 1. The Morgan fingerprint density at radius 1 is 1.38 bits per heavy atom. The van der Waals surface area contributed by atoms with Crippen LogP contribution < -0.4 is 5.32 Å². The summed E-state index contributed by atoms with van der Waals surface area (Å²) in [7, 11) is 1.88. The number of halogens is 1. The van der Waals surface area contributed by atoms with Gasteiger partial charge in [0, 0.05) is 32.1 Å². The topological polar surface area (TPSA) is 48.5 Å². The van der Waals surface area contributed by atoms with Gasteiger partial charge in [-0.05, 0) is 25.0 Å². The Morgan fingerprint density at radius 2 is 2.17 bits per heavy atom. The SMILES string of the molecule is Cc1c(Cl)c(CN2CC[C@H]3[C@@H](C2)NC(=O)N3C)nc2ccccc12. The first-order valence-electron chi connectivity index (χ1n) is 8.34. The second-order valence-electron chi connectivity index (χ2n) is 6.77. The zero-order valence-electron chi connectivity index (χ0n) is 13.9. The quantitative estimate of drug-likeness (QED) is 0.911. The maximum atomic E-state index is 11.8. The first kappa shape index (κ1) is 15.7. The fourth-order valence-corrected chi connectivity index (χ4v) is 4.10. The fourth-order valence-electron chi connectivity index (χ4n) is 3.90. The molecule has 0 unspecified atom stereocenters. The highest BCUT2D eigenvalue weighted by Gasteiger charge is 2.40. The molecule has 126 valence electrons. The first-order valence-corrected chi connectivity index (χ1v) is 8.72. The number of aromatic nitrogens is 1. The van der Waals surface area contributed by atoms with Crippen LogP contribution in [0.1, 0.15) is 17.7 Å². The number of pyridine rings is 1. The van der Waals surface area contributed by atoms with E-state index < -0.39 is 0 Å². The van der Waals surface area contributed by atoms with Crippen molar-refractivity contribution in [1.82, 2.24) is 20.1 Å². The van der Waals surface area contributed by atoms with Crippen LogP contribution >= 0.6 is 11.6 Å². The van der Waals surface area contributed by atoms with E-state index in [4.69, 9.17) is 16.6 Å². The summed E-state index contributed by atoms with van der Waals surface area (Å²) >= 11 is 6.58. The number of likely N-dealkylation sites (N-methyl/N-ethyl adjacent to an activating group) is 1. The Hall–Kier alpha value is -1.85. The number of fused-ring (bicyclic) bond motifs is 2. The molecule has 1 aromatic heterocycles. The molecule has 2 aromatic rings. The molecule has 2 saturated heterocycles. The second kappa shape index (κ2) is 5.90. The van der Waals surface area contributed by atoms with Crippen LogP contribution in [-0.4, -0.2) is 53.0 Å². The van der Waals surface area contributed by atoms with E-state index in [-0.39, 0.29) is 12.1 Å². The normalized spacial score (nSPS) is 24.3. The van der Waals surface area contributed by atoms with Crippen molar-refractivity contribution in [3.8, 4) is 0 Å². The molecule has 0 aliphatic carbocycles. The van der Waals surface area contributed by atoms with Crippen molar-refractivity contribution in [3.63, 3.8) is 0 Å². The minimum Gasteiger partial charge on any atom is -0.332 e. The minimum atomic E-state index is 0.0320. The number of rotatable bonds is 2. The van der Waals surface area contributed by atoms with Crippen molar-refractivity contribution in [2.24, 2.45) is 0 Å². The van der Waals surface area contributed by atoms with Crippen molar-refractivity contribution in [2.75, 3.05) is 20.1 Å². The molecule has 0 saturated carbocycles. The van der Waals surface area contributed by atoms with E-state index in [0.29, 0.717) is 12.6 Å². The lowest BCUT2D eigenvalue weighted by molar-refractivity contribution is 0.146. The molecule has 4 rings (SSSR count). The standard InChI is InChI=1S/C18H21ClN4O/c1-11-12-5-3-4-6-13(12)20-15(17(11)19)10-23-8-7-16-14(9-23)21-18(24)22(16)2/h3-6,14,16H,7-10H2,1-2H3,(H,21,24)/t14-,16+/m1/s1. The van der Waals surface area contributed by atoms with Gasteiger partial charge in [-0.2, -0.15) is 0 Å². The third-order valence-corrected chi connectivity index (χ3v) is 5.81. The molecule has 24 heavy (non-hydrogen) atoms. The number of amides is 2. The number of hydrogen-bond acceptors (Lipinski definition) is 3. The van der Waals surface area contributed by atoms with Gasteiger partial charge in [-0.15, -0.1) is 0 Å². The van der Waals surface area contributed by atoms with Gasteiger partial charge in [0.2, 0.25) is 0 Å². The zero-order chi connectivity index (χ0) is 16.8. The lowest BCUT2D eigenvalue weighted by Crippen LogP contribution is -2.50. The van der Waals surface area contributed by atoms with E-state index in [1.165, 1.54) is 0 Å². The molecular weight excluding hydrogens is 324 g/mol. The Kier molecular flexibility index (Phi) is 3.85. The molecular formula is C18H21ClN4O. The van der Waals surface area contributed by atoms with Crippen molar-refractivity contribution in [3.05, 3.63) is 40.5 Å². The van der Waals surface area contributed by atoms with Gasteiger partial charge in [0.05, 0.1) is 28.3 Å². The number of aryl methyl sites for hydroxylation is 1. The summed E-state index contributed by atoms with van der Waals surface area (Å²) in [5.41, 5.74) is 2.99. The number of nitrogens with zero attached hydrogens (tertiary/aromatic N) is 3. The van der Waals surface area contributed by atoms with Crippen LogP contribution in [0.3, 0.4) is 0 Å². The van der Waals surface area contributed by atoms with E-state index in [2.05, 4.69) is 16.3 Å². The summed E-state index contributed by atoms with van der Waals surface area (Å²) in [6.07, 6.45) is 0.976. The van der Waals surface area contributed by atoms with Crippen molar-refractivity contribution in [2.45, 2.75) is 32.0 Å². The van der Waals surface area contributed by atoms with E-state index in [0.717, 1.165) is 46.7 Å². The van der Waals surface area contributed by atoms with Crippen LogP contribution in [0.15, 0.2) is 24.3 Å². The molecule has 3 heterocycles. The molecule has 2 aliphatic rings. The van der Waals surface area contributed by atoms with Gasteiger partial charge in [0.15, 0.2) is 0 Å². The summed E-state index contributed by atoms with van der Waals surface area (Å²) in [6, 6.07) is 8.62. The van der Waals surface area contributed by atoms with Crippen molar-refractivity contribution in [1.29, 1.82) is 0 Å². The number of carbonyl (C=O) groups excluding carboxylic acids is 1. The summed E-state index contributed by atoms with van der Waals surface area (Å²) in [4.78, 5) is 20.8. The maximum absolute atomic E-state index is 11.8. The summed E-state index contributed by atoms with van der Waals surface area (Å²) < 4.78 is 0. The van der Waals surface area contributed by atoms with Crippen LogP contribution in [0.5, 0.6) is 0 Å². The Balaban J connectivity index is 1.57. The largest absolute Gasteiger partial charge is 0.332 e. The van der Waals surface area contributed by atoms with Crippen LogP contribution in [0, 0.1) is 6.92 Å². The first-order chi connectivity index (χ1) is 11.5. The maximum Gasteiger partial charge on any atom is 0.317 e. The van der Waals surface area contributed by atoms with Crippen molar-refractivity contribution >= 4 is 28.5 Å². The predicted octanol–water partition coefficient (Wildman–Crippen LogP) is 2.79. The molecule has 5 nitrogen and oxygen atoms in total. The molecule has 1 aromatic carbocycles. The Bertz CT molecular complexity index is 809. The number of urea groups is 1. The minimum absolute atomic E-state index is 0.0320. The van der Waals surface area contributed by atoms with E-state index in [1.807, 2.05) is 37.1 Å². The van der Waals surface area contributed by atoms with Gasteiger partial charge in [0.25, 0.3) is 0 Å². The molecule has 2 fully saturated rings. The van der Waals surface area contributed by atoms with Gasteiger partial charge in [-0.25, -0.2) is 9.78 Å². The average Bonchev–Trinajstić information content (AvgIpc) is 2.86. The molecule has 0 bridgehead atoms. The molecule has 0 radical (unpaired) electrons. The molecule has 0 spiro atoms. The number of nitrogens with one attached hydrogen (secondary N) is 1. The molecule has 2 amide bonds. The Labute approximate surface area is 146 Å². The number of para-hydroxylation sites is 1. The molecule has 2 aliphatic heterocycles. The fraction of sp³-hybridized carbons (Fsp3) is 0.444. The lowest BCUT2D eigenvalue weighted by atomic mass is 10.00. The number of benzene rings is 1. The van der Waals surface area contributed by atoms with Gasteiger partial charge in [-0.3, -0.25) is 4.90 Å². The van der Waals surface area contributed by atoms with Gasteiger partial charge < -0.3 is 10.2 Å². The molecule has 6 heteroatoms. The average molecular weight is 345 g/mol. The highest BCUT2D eigenvalue weighted by molar-refractivity contribution is 6.32. The highest BCUT2D eigenvalue weighted by Crippen LogP contribution is 2.29. The monoisotopic (exact) mass is 344 g/mol. The molecule has 1 N–H and O–H groups in total. The van der Waals surface area contributed by atoms with Crippen molar-refractivity contribution < 1.29 is 4.79 Å². The smallest absolute Gasteiger partial charge is 0.317 e. The molecule has 2 atom stereocenters. The lowest BCUT2D eigenvalue weighted by Gasteiger charge is -2.35. The van der Waals surface area contributed by atoms with Gasteiger partial charge in [-0.1, -0.05) is 29.8 Å². The number of likely N-dealkylation sites (tertiary alicyclic amines) is 1. The third kappa shape index (κ3) is 2.52. The van der Waals surface area contributed by atoms with E-state index in [9.17, 15) is 4.79 Å². The van der Waals surface area contributed by atoms with Gasteiger partial charge in [0.1, 0.15) is 0 Å². The third-order valence-electron chi connectivity index (χ3n) is 5.31. The predicted molar refractivity (Wildman–Crippen MR) is 95.3 cm³/mol. The zero-order valence-corrected chi connectivity index (χ0v) is 14.7. The second-order valence-corrected chi connectivity index (χ2v) is 7.15. The summed E-state index contributed by atoms with van der Waals surface area (Å²) in [6.45, 7) is 4.55. The van der Waals surface area contributed by atoms with Crippen LogP contribution in [0.2, 0.25) is 5.02 Å². The van der Waals surface area contributed by atoms with Crippen LogP contribution in [0.25, 0.3) is 10.9 Å². The number of hydrogen-bond donors (Lipinski definition) is 1. The van der Waals surface area contributed by atoms with Crippen LogP contribution in [-0.2, 0) is 6.54 Å². The Morgan fingerprint density at radius 3 is 3.00 bits per heavy atom. The summed E-state index contributed by atoms with van der Waals surface area (Å²) in [5.74, 6) is 0. The number of piperidine rings is 1. The van der Waals surface area contributed by atoms with Gasteiger partial charge >= 0.3 is 6.03 Å². The highest BCUT2D eigenvalue weighted by atomic mass is 35.5.